The summed E-state index contributed by atoms with van der Waals surface area (Å²) in [7, 11) is 1.52. The average Bonchev–Trinajstić information content (AvgIpc) is 2.26. The van der Waals surface area contributed by atoms with E-state index in [9.17, 15) is 4.79 Å². The molecule has 0 spiro atoms. The zero-order valence-corrected chi connectivity index (χ0v) is 10.8. The molecule has 2 heteroatoms. The molecule has 0 heterocycles. The molecular weight excluding hydrogens is 200 g/mol. The summed E-state index contributed by atoms with van der Waals surface area (Å²) in [6, 6.07) is 0. The third kappa shape index (κ3) is 2.11. The molecule has 0 saturated heterocycles. The summed E-state index contributed by atoms with van der Waals surface area (Å²) < 4.78 is 4.97. The Morgan fingerprint density at radius 1 is 1.19 bits per heavy atom. The summed E-state index contributed by atoms with van der Waals surface area (Å²) in [5.41, 5.74) is 0.131. The van der Waals surface area contributed by atoms with Gasteiger partial charge in [-0.3, -0.25) is 4.79 Å². The fourth-order valence-corrected chi connectivity index (χ4v) is 3.86. The van der Waals surface area contributed by atoms with E-state index in [0.29, 0.717) is 0 Å². The molecule has 2 nitrogen and oxygen atoms in total. The molecule has 0 aromatic heterocycles. The van der Waals surface area contributed by atoms with Crippen LogP contribution in [0.5, 0.6) is 0 Å². The summed E-state index contributed by atoms with van der Waals surface area (Å²) in [5.74, 6) is 1.78. The topological polar surface area (TPSA) is 26.3 Å². The third-order valence-electron chi connectivity index (χ3n) is 4.82. The fraction of sp³-hybridized carbons (Fsp3) is 0.929. The van der Waals surface area contributed by atoms with Gasteiger partial charge in [-0.1, -0.05) is 39.5 Å². The van der Waals surface area contributed by atoms with Gasteiger partial charge in [-0.05, 0) is 30.1 Å². The van der Waals surface area contributed by atoms with Crippen LogP contribution in [0.25, 0.3) is 0 Å². The third-order valence-corrected chi connectivity index (χ3v) is 4.82. The van der Waals surface area contributed by atoms with Gasteiger partial charge in [0.05, 0.1) is 13.0 Å². The van der Waals surface area contributed by atoms with Crippen molar-refractivity contribution in [3.05, 3.63) is 0 Å². The predicted molar refractivity (Wildman–Crippen MR) is 64.0 cm³/mol. The Kier molecular flexibility index (Phi) is 3.27. The standard InChI is InChI=1S/C14H24O2/c1-14(2)9-11-7-5-4-6-10(11)8-12(14)13(15)16-3/h10-12H,4-9H2,1-3H3/t10-,11?,12-/m0/s1. The second kappa shape index (κ2) is 4.38. The Labute approximate surface area is 98.7 Å². The van der Waals surface area contributed by atoms with Crippen molar-refractivity contribution < 1.29 is 9.53 Å². The van der Waals surface area contributed by atoms with Crippen LogP contribution < -0.4 is 0 Å². The van der Waals surface area contributed by atoms with E-state index in [0.717, 1.165) is 18.3 Å². The van der Waals surface area contributed by atoms with Crippen LogP contribution in [0.3, 0.4) is 0 Å². The van der Waals surface area contributed by atoms with E-state index in [1.54, 1.807) is 0 Å². The largest absolute Gasteiger partial charge is 0.469 e. The van der Waals surface area contributed by atoms with Crippen LogP contribution in [0.2, 0.25) is 0 Å². The molecule has 0 N–H and O–H groups in total. The van der Waals surface area contributed by atoms with Crippen LogP contribution in [0.1, 0.15) is 52.4 Å². The van der Waals surface area contributed by atoms with E-state index in [1.807, 2.05) is 0 Å². The van der Waals surface area contributed by atoms with Gasteiger partial charge in [0.15, 0.2) is 0 Å². The molecule has 2 aliphatic carbocycles. The van der Waals surface area contributed by atoms with Gasteiger partial charge in [0, 0.05) is 0 Å². The van der Waals surface area contributed by atoms with Gasteiger partial charge in [-0.15, -0.1) is 0 Å². The van der Waals surface area contributed by atoms with Crippen molar-refractivity contribution in [1.82, 2.24) is 0 Å². The first-order valence-corrected chi connectivity index (χ1v) is 6.62. The first-order valence-electron chi connectivity index (χ1n) is 6.62. The minimum Gasteiger partial charge on any atom is -0.469 e. The number of rotatable bonds is 1. The number of carbonyl (C=O) groups is 1. The van der Waals surface area contributed by atoms with E-state index in [2.05, 4.69) is 13.8 Å². The van der Waals surface area contributed by atoms with Crippen molar-refractivity contribution in [2.24, 2.45) is 23.2 Å². The van der Waals surface area contributed by atoms with Gasteiger partial charge in [-0.25, -0.2) is 0 Å². The Hall–Kier alpha value is -0.530. The molecule has 2 fully saturated rings. The second-order valence-electron chi connectivity index (χ2n) is 6.31. The SMILES string of the molecule is COC(=O)[C@@H]1C[C@@H]2CCCCC2CC1(C)C. The van der Waals surface area contributed by atoms with Crippen LogP contribution in [0.4, 0.5) is 0 Å². The van der Waals surface area contributed by atoms with Crippen molar-refractivity contribution in [1.29, 1.82) is 0 Å². The normalized spacial score (nSPS) is 37.6. The quantitative estimate of drug-likeness (QED) is 0.638. The van der Waals surface area contributed by atoms with E-state index >= 15 is 0 Å². The second-order valence-corrected chi connectivity index (χ2v) is 6.31. The Bertz CT molecular complexity index is 270. The lowest BCUT2D eigenvalue weighted by molar-refractivity contribution is -0.154. The Morgan fingerprint density at radius 2 is 1.81 bits per heavy atom. The lowest BCUT2D eigenvalue weighted by Gasteiger charge is -2.47. The molecule has 3 atom stereocenters. The molecule has 0 bridgehead atoms. The fourth-order valence-electron chi connectivity index (χ4n) is 3.86. The van der Waals surface area contributed by atoms with Crippen molar-refractivity contribution in [2.45, 2.75) is 52.4 Å². The molecule has 0 radical (unpaired) electrons. The number of hydrogen-bond donors (Lipinski definition) is 0. The summed E-state index contributed by atoms with van der Waals surface area (Å²) in [6.45, 7) is 4.47. The molecule has 2 saturated carbocycles. The number of fused-ring (bicyclic) bond motifs is 1. The highest BCUT2D eigenvalue weighted by atomic mass is 16.5. The molecule has 92 valence electrons. The van der Waals surface area contributed by atoms with Gasteiger partial charge < -0.3 is 4.74 Å². The van der Waals surface area contributed by atoms with E-state index < -0.39 is 0 Å². The number of methoxy groups -OCH3 is 1. The lowest BCUT2D eigenvalue weighted by atomic mass is 9.58. The monoisotopic (exact) mass is 224 g/mol. The smallest absolute Gasteiger partial charge is 0.309 e. The first kappa shape index (κ1) is 11.9. The maximum absolute atomic E-state index is 11.8. The molecule has 0 aromatic carbocycles. The molecule has 2 aliphatic rings. The van der Waals surface area contributed by atoms with Crippen molar-refractivity contribution >= 4 is 5.97 Å². The van der Waals surface area contributed by atoms with Crippen molar-refractivity contribution in [3.63, 3.8) is 0 Å². The van der Waals surface area contributed by atoms with Gasteiger partial charge in [0.2, 0.25) is 0 Å². The molecular formula is C14H24O2. The van der Waals surface area contributed by atoms with E-state index in [-0.39, 0.29) is 17.3 Å². The molecule has 0 aliphatic heterocycles. The van der Waals surface area contributed by atoms with Gasteiger partial charge in [0.25, 0.3) is 0 Å². The number of ether oxygens (including phenoxy) is 1. The minimum atomic E-state index is 0.00836. The lowest BCUT2D eigenvalue weighted by Crippen LogP contribution is -2.42. The van der Waals surface area contributed by atoms with Gasteiger partial charge in [-0.2, -0.15) is 0 Å². The molecule has 2 rings (SSSR count). The first-order chi connectivity index (χ1) is 7.54. The van der Waals surface area contributed by atoms with Gasteiger partial charge >= 0.3 is 5.97 Å². The summed E-state index contributed by atoms with van der Waals surface area (Å²) in [5, 5.41) is 0. The van der Waals surface area contributed by atoms with Crippen LogP contribution in [-0.4, -0.2) is 13.1 Å². The van der Waals surface area contributed by atoms with Gasteiger partial charge in [0.1, 0.15) is 0 Å². The van der Waals surface area contributed by atoms with Crippen LogP contribution >= 0.6 is 0 Å². The zero-order valence-electron chi connectivity index (χ0n) is 10.8. The molecule has 0 aromatic rings. The van der Waals surface area contributed by atoms with Crippen molar-refractivity contribution in [3.8, 4) is 0 Å². The molecule has 16 heavy (non-hydrogen) atoms. The van der Waals surface area contributed by atoms with Crippen LogP contribution in [-0.2, 0) is 9.53 Å². The summed E-state index contributed by atoms with van der Waals surface area (Å²) in [6.07, 6.45) is 7.72. The highest BCUT2D eigenvalue weighted by Crippen LogP contribution is 2.51. The number of esters is 1. The minimum absolute atomic E-state index is 0.00836. The van der Waals surface area contributed by atoms with E-state index in [4.69, 9.17) is 4.74 Å². The Morgan fingerprint density at radius 3 is 2.44 bits per heavy atom. The zero-order chi connectivity index (χ0) is 11.8. The number of carbonyl (C=O) groups excluding carboxylic acids is 1. The van der Waals surface area contributed by atoms with E-state index in [1.165, 1.54) is 39.2 Å². The van der Waals surface area contributed by atoms with Crippen LogP contribution in [0.15, 0.2) is 0 Å². The predicted octanol–water partition coefficient (Wildman–Crippen LogP) is 3.40. The maximum Gasteiger partial charge on any atom is 0.309 e. The highest BCUT2D eigenvalue weighted by Gasteiger charge is 2.46. The summed E-state index contributed by atoms with van der Waals surface area (Å²) in [4.78, 5) is 11.8. The van der Waals surface area contributed by atoms with Crippen LogP contribution in [0, 0.1) is 23.2 Å². The Balaban J connectivity index is 2.12. The maximum atomic E-state index is 11.8. The summed E-state index contributed by atoms with van der Waals surface area (Å²) >= 11 is 0. The molecule has 1 unspecified atom stereocenters. The van der Waals surface area contributed by atoms with Crippen molar-refractivity contribution in [2.75, 3.05) is 7.11 Å². The highest BCUT2D eigenvalue weighted by molar-refractivity contribution is 5.73. The molecule has 0 amide bonds. The average molecular weight is 224 g/mol. The number of hydrogen-bond acceptors (Lipinski definition) is 2.